The van der Waals surface area contributed by atoms with Crippen molar-refractivity contribution in [2.45, 2.75) is 32.9 Å². The maximum Gasteiger partial charge on any atom is 0.387 e. The molecule has 0 aliphatic carbocycles. The van der Waals surface area contributed by atoms with Gasteiger partial charge in [0.2, 0.25) is 0 Å². The predicted molar refractivity (Wildman–Crippen MR) is 87.4 cm³/mol. The molecule has 1 aromatic rings. The van der Waals surface area contributed by atoms with Gasteiger partial charge in [0, 0.05) is 27.2 Å². The molecule has 0 unspecified atom stereocenters. The molecular formula is C16H25F2N3O2. The van der Waals surface area contributed by atoms with Gasteiger partial charge < -0.3 is 19.7 Å². The van der Waals surface area contributed by atoms with Gasteiger partial charge in [-0.3, -0.25) is 4.99 Å². The highest BCUT2D eigenvalue weighted by atomic mass is 19.3. The van der Waals surface area contributed by atoms with Crippen molar-refractivity contribution >= 4 is 5.96 Å². The van der Waals surface area contributed by atoms with E-state index in [0.717, 1.165) is 30.9 Å². The number of hydrogen-bond donors (Lipinski definition) is 1. The molecule has 0 heterocycles. The van der Waals surface area contributed by atoms with E-state index in [0.29, 0.717) is 6.54 Å². The monoisotopic (exact) mass is 329 g/mol. The highest BCUT2D eigenvalue weighted by Gasteiger charge is 2.12. The van der Waals surface area contributed by atoms with Crippen LogP contribution < -0.4 is 14.8 Å². The molecule has 0 bridgehead atoms. The van der Waals surface area contributed by atoms with Crippen LogP contribution in [0.5, 0.6) is 11.5 Å². The zero-order valence-electron chi connectivity index (χ0n) is 14.1. The Bertz CT molecular complexity index is 510. The van der Waals surface area contributed by atoms with Crippen LogP contribution in [0.2, 0.25) is 0 Å². The van der Waals surface area contributed by atoms with Gasteiger partial charge in [-0.1, -0.05) is 19.4 Å². The molecule has 23 heavy (non-hydrogen) atoms. The molecule has 0 aliphatic heterocycles. The maximum atomic E-state index is 12.4. The number of guanidine groups is 1. The zero-order chi connectivity index (χ0) is 17.2. The van der Waals surface area contributed by atoms with Crippen LogP contribution in [0.25, 0.3) is 0 Å². The second-order valence-electron chi connectivity index (χ2n) is 5.04. The molecule has 0 amide bonds. The fourth-order valence-electron chi connectivity index (χ4n) is 2.09. The quantitative estimate of drug-likeness (QED) is 0.588. The minimum absolute atomic E-state index is 0.0242. The summed E-state index contributed by atoms with van der Waals surface area (Å²) in [5.41, 5.74) is 0.798. The van der Waals surface area contributed by atoms with Crippen LogP contribution in [-0.2, 0) is 6.54 Å². The number of hydrogen-bond acceptors (Lipinski definition) is 3. The van der Waals surface area contributed by atoms with Crippen molar-refractivity contribution in [2.24, 2.45) is 4.99 Å². The van der Waals surface area contributed by atoms with Crippen LogP contribution >= 0.6 is 0 Å². The molecule has 0 aromatic heterocycles. The summed E-state index contributed by atoms with van der Waals surface area (Å²) in [6, 6.07) is 4.94. The molecule has 130 valence electrons. The molecular weight excluding hydrogens is 304 g/mol. The summed E-state index contributed by atoms with van der Waals surface area (Å²) < 4.78 is 34.4. The van der Waals surface area contributed by atoms with E-state index in [2.05, 4.69) is 22.0 Å². The van der Waals surface area contributed by atoms with Gasteiger partial charge in [0.1, 0.15) is 0 Å². The van der Waals surface area contributed by atoms with Crippen LogP contribution in [-0.4, -0.2) is 45.2 Å². The molecule has 1 N–H and O–H groups in total. The number of alkyl halides is 2. The van der Waals surface area contributed by atoms with Crippen LogP contribution in [0.15, 0.2) is 23.2 Å². The number of benzene rings is 1. The number of methoxy groups -OCH3 is 1. The average molecular weight is 329 g/mol. The Labute approximate surface area is 136 Å². The summed E-state index contributed by atoms with van der Waals surface area (Å²) in [7, 11) is 5.09. The van der Waals surface area contributed by atoms with Gasteiger partial charge in [0.15, 0.2) is 17.5 Å². The van der Waals surface area contributed by atoms with E-state index in [1.54, 1.807) is 19.2 Å². The number of rotatable bonds is 8. The molecule has 0 fully saturated rings. The number of nitrogens with one attached hydrogen (secondary N) is 1. The van der Waals surface area contributed by atoms with E-state index in [9.17, 15) is 8.78 Å². The molecule has 0 saturated carbocycles. The van der Waals surface area contributed by atoms with Crippen molar-refractivity contribution in [3.63, 3.8) is 0 Å². The van der Waals surface area contributed by atoms with E-state index in [1.807, 2.05) is 11.9 Å². The van der Waals surface area contributed by atoms with E-state index in [1.165, 1.54) is 13.2 Å². The third-order valence-corrected chi connectivity index (χ3v) is 3.32. The predicted octanol–water partition coefficient (Wildman–Crippen LogP) is 3.10. The van der Waals surface area contributed by atoms with Crippen molar-refractivity contribution in [1.29, 1.82) is 0 Å². The Morgan fingerprint density at radius 3 is 2.65 bits per heavy atom. The first-order valence-corrected chi connectivity index (χ1v) is 7.55. The highest BCUT2D eigenvalue weighted by molar-refractivity contribution is 5.79. The van der Waals surface area contributed by atoms with Crippen LogP contribution in [0, 0.1) is 0 Å². The van der Waals surface area contributed by atoms with E-state index in [-0.39, 0.29) is 11.5 Å². The smallest absolute Gasteiger partial charge is 0.387 e. The lowest BCUT2D eigenvalue weighted by atomic mass is 10.2. The molecule has 0 spiro atoms. The van der Waals surface area contributed by atoms with Gasteiger partial charge in [0.05, 0.1) is 7.11 Å². The first-order chi connectivity index (χ1) is 11.0. The molecule has 7 heteroatoms. The minimum atomic E-state index is -2.89. The summed E-state index contributed by atoms with van der Waals surface area (Å²) in [5.74, 6) is 1.06. The Hall–Kier alpha value is -2.05. The lowest BCUT2D eigenvalue weighted by molar-refractivity contribution is -0.0512. The number of halogens is 2. The third kappa shape index (κ3) is 6.30. The first-order valence-electron chi connectivity index (χ1n) is 7.55. The SMILES string of the molecule is CCCCN(C)C(=NC)NCc1ccc(OC)c(OC(F)F)c1. The van der Waals surface area contributed by atoms with Crippen molar-refractivity contribution < 1.29 is 18.3 Å². The largest absolute Gasteiger partial charge is 0.493 e. The zero-order valence-corrected chi connectivity index (χ0v) is 14.1. The fraction of sp³-hybridized carbons (Fsp3) is 0.562. The first kappa shape index (κ1) is 19.0. The standard InChI is InChI=1S/C16H25F2N3O2/c1-5-6-9-21(3)16(19-2)20-11-12-7-8-13(22-4)14(10-12)23-15(17)18/h7-8,10,15H,5-6,9,11H2,1-4H3,(H,19,20). The molecule has 0 saturated heterocycles. The van der Waals surface area contributed by atoms with Crippen LogP contribution in [0.3, 0.4) is 0 Å². The second kappa shape index (κ2) is 9.86. The Kier molecular flexibility index (Phi) is 8.15. The summed E-state index contributed by atoms with van der Waals surface area (Å²) in [5, 5.41) is 3.20. The number of aliphatic imine (C=N–C) groups is 1. The molecule has 1 rings (SSSR count). The lowest BCUT2D eigenvalue weighted by Gasteiger charge is -2.22. The molecule has 1 aromatic carbocycles. The molecule has 0 aliphatic rings. The van der Waals surface area contributed by atoms with E-state index in [4.69, 9.17) is 4.74 Å². The summed E-state index contributed by atoms with van der Waals surface area (Å²) in [6.07, 6.45) is 2.18. The average Bonchev–Trinajstić information content (AvgIpc) is 2.53. The van der Waals surface area contributed by atoms with Crippen molar-refractivity contribution in [3.8, 4) is 11.5 Å². The van der Waals surface area contributed by atoms with Gasteiger partial charge in [0.25, 0.3) is 0 Å². The van der Waals surface area contributed by atoms with Crippen LogP contribution in [0.4, 0.5) is 8.78 Å². The number of unbranched alkanes of at least 4 members (excludes halogenated alkanes) is 1. The molecule has 5 nitrogen and oxygen atoms in total. The van der Waals surface area contributed by atoms with Gasteiger partial charge >= 0.3 is 6.61 Å². The van der Waals surface area contributed by atoms with E-state index < -0.39 is 6.61 Å². The summed E-state index contributed by atoms with van der Waals surface area (Å²) >= 11 is 0. The van der Waals surface area contributed by atoms with Gasteiger partial charge in [-0.15, -0.1) is 0 Å². The van der Waals surface area contributed by atoms with Crippen LogP contribution in [0.1, 0.15) is 25.3 Å². The molecule has 0 atom stereocenters. The maximum absolute atomic E-state index is 12.4. The van der Waals surface area contributed by atoms with Crippen molar-refractivity contribution in [2.75, 3.05) is 27.7 Å². The van der Waals surface area contributed by atoms with Crippen molar-refractivity contribution in [1.82, 2.24) is 10.2 Å². The third-order valence-electron chi connectivity index (χ3n) is 3.32. The Balaban J connectivity index is 2.72. The topological polar surface area (TPSA) is 46.1 Å². The molecule has 0 radical (unpaired) electrons. The van der Waals surface area contributed by atoms with E-state index >= 15 is 0 Å². The van der Waals surface area contributed by atoms with Crippen molar-refractivity contribution in [3.05, 3.63) is 23.8 Å². The minimum Gasteiger partial charge on any atom is -0.493 e. The summed E-state index contributed by atoms with van der Waals surface area (Å²) in [4.78, 5) is 6.25. The second-order valence-corrected chi connectivity index (χ2v) is 5.04. The van der Waals surface area contributed by atoms with Gasteiger partial charge in [-0.25, -0.2) is 0 Å². The normalized spacial score (nSPS) is 11.5. The fourth-order valence-corrected chi connectivity index (χ4v) is 2.09. The Morgan fingerprint density at radius 2 is 2.09 bits per heavy atom. The number of nitrogens with zero attached hydrogens (tertiary/aromatic N) is 2. The van der Waals surface area contributed by atoms with Gasteiger partial charge in [-0.05, 0) is 24.1 Å². The highest BCUT2D eigenvalue weighted by Crippen LogP contribution is 2.29. The summed E-state index contributed by atoms with van der Waals surface area (Å²) in [6.45, 7) is 0.594. The number of ether oxygens (including phenoxy) is 2. The Morgan fingerprint density at radius 1 is 1.35 bits per heavy atom. The lowest BCUT2D eigenvalue weighted by Crippen LogP contribution is -2.38. The van der Waals surface area contributed by atoms with Gasteiger partial charge in [-0.2, -0.15) is 8.78 Å².